The minimum atomic E-state index is -0.810. The molecular formula is C14H21N3O2S. The van der Waals surface area contributed by atoms with Gasteiger partial charge >= 0.3 is 5.97 Å². The van der Waals surface area contributed by atoms with Gasteiger partial charge in [0.2, 0.25) is 0 Å². The monoisotopic (exact) mass is 295 g/mol. The van der Waals surface area contributed by atoms with E-state index in [-0.39, 0.29) is 11.8 Å². The van der Waals surface area contributed by atoms with Crippen LogP contribution in [0.2, 0.25) is 0 Å². The van der Waals surface area contributed by atoms with E-state index in [2.05, 4.69) is 28.6 Å². The Balaban J connectivity index is 1.82. The molecule has 1 aromatic rings. The molecule has 2 unspecified atom stereocenters. The second-order valence-corrected chi connectivity index (χ2v) is 7.07. The van der Waals surface area contributed by atoms with Crippen molar-refractivity contribution < 1.29 is 9.90 Å². The molecular weight excluding hydrogens is 274 g/mol. The van der Waals surface area contributed by atoms with Crippen LogP contribution in [0, 0.1) is 11.8 Å². The maximum Gasteiger partial charge on any atom is 0.313 e. The van der Waals surface area contributed by atoms with Crippen molar-refractivity contribution in [2.24, 2.45) is 11.8 Å². The largest absolute Gasteiger partial charge is 0.481 e. The molecule has 0 saturated heterocycles. The van der Waals surface area contributed by atoms with Gasteiger partial charge in [-0.25, -0.2) is 0 Å². The second-order valence-electron chi connectivity index (χ2n) is 6.12. The van der Waals surface area contributed by atoms with E-state index in [4.69, 9.17) is 5.11 Å². The van der Waals surface area contributed by atoms with Gasteiger partial charge in [0.15, 0.2) is 5.16 Å². The molecule has 5 nitrogen and oxygen atoms in total. The zero-order chi connectivity index (χ0) is 14.3. The molecule has 1 aromatic heterocycles. The summed E-state index contributed by atoms with van der Waals surface area (Å²) >= 11 is 1.27. The van der Waals surface area contributed by atoms with E-state index in [0.29, 0.717) is 5.92 Å². The molecule has 0 aromatic carbocycles. The summed E-state index contributed by atoms with van der Waals surface area (Å²) in [5.74, 6) is 2.47. The lowest BCUT2D eigenvalue weighted by atomic mass is 10.0. The smallest absolute Gasteiger partial charge is 0.313 e. The van der Waals surface area contributed by atoms with E-state index in [1.165, 1.54) is 37.4 Å². The number of carbonyl (C=O) groups is 1. The summed E-state index contributed by atoms with van der Waals surface area (Å²) in [7, 11) is 0. The van der Waals surface area contributed by atoms with Gasteiger partial charge in [-0.3, -0.25) is 4.79 Å². The highest BCUT2D eigenvalue weighted by atomic mass is 32.2. The van der Waals surface area contributed by atoms with Gasteiger partial charge in [-0.2, -0.15) is 0 Å². The summed E-state index contributed by atoms with van der Waals surface area (Å²) in [6, 6.07) is 0.277. The van der Waals surface area contributed by atoms with E-state index >= 15 is 0 Å². The molecule has 0 aliphatic heterocycles. The molecule has 2 aliphatic rings. The van der Waals surface area contributed by atoms with Gasteiger partial charge in [0.25, 0.3) is 0 Å². The van der Waals surface area contributed by atoms with Gasteiger partial charge < -0.3 is 9.67 Å². The molecule has 0 radical (unpaired) electrons. The molecule has 1 heterocycles. The quantitative estimate of drug-likeness (QED) is 0.846. The number of rotatable bonds is 5. The first-order chi connectivity index (χ1) is 9.59. The van der Waals surface area contributed by atoms with Gasteiger partial charge in [-0.1, -0.05) is 24.6 Å². The molecule has 0 spiro atoms. The number of aromatic nitrogens is 3. The number of nitrogens with zero attached hydrogens (tertiary/aromatic N) is 3. The zero-order valence-corrected chi connectivity index (χ0v) is 12.8. The third-order valence-electron chi connectivity index (χ3n) is 4.49. The number of hydrogen-bond acceptors (Lipinski definition) is 4. The summed E-state index contributed by atoms with van der Waals surface area (Å²) in [5.41, 5.74) is 0. The predicted octanol–water partition coefficient (Wildman–Crippen LogP) is 2.94. The average Bonchev–Trinajstić information content (AvgIpc) is 2.98. The van der Waals surface area contributed by atoms with Crippen molar-refractivity contribution in [3.8, 4) is 0 Å². The maximum atomic E-state index is 10.7. The van der Waals surface area contributed by atoms with Crippen LogP contribution in [0.3, 0.4) is 0 Å². The first-order valence-electron chi connectivity index (χ1n) is 7.39. The highest BCUT2D eigenvalue weighted by Gasteiger charge is 2.54. The lowest BCUT2D eigenvalue weighted by molar-refractivity contribution is -0.133. The molecule has 2 aliphatic carbocycles. The fourth-order valence-electron chi connectivity index (χ4n) is 3.60. The lowest BCUT2D eigenvalue weighted by Gasteiger charge is -2.13. The van der Waals surface area contributed by atoms with Gasteiger partial charge in [-0.05, 0) is 38.5 Å². The van der Waals surface area contributed by atoms with Gasteiger partial charge in [0.1, 0.15) is 5.82 Å². The normalized spacial score (nSPS) is 28.4. The highest BCUT2D eigenvalue weighted by Crippen LogP contribution is 2.61. The molecule has 2 saturated carbocycles. The summed E-state index contributed by atoms with van der Waals surface area (Å²) in [4.78, 5) is 10.7. The average molecular weight is 295 g/mol. The summed E-state index contributed by atoms with van der Waals surface area (Å²) in [6.45, 7) is 4.23. The van der Waals surface area contributed by atoms with Crippen LogP contribution in [0.4, 0.5) is 0 Å². The van der Waals surface area contributed by atoms with Gasteiger partial charge in [0.05, 0.1) is 5.75 Å². The molecule has 2 atom stereocenters. The van der Waals surface area contributed by atoms with Crippen LogP contribution in [-0.2, 0) is 4.79 Å². The maximum absolute atomic E-state index is 10.7. The standard InChI is InChI=1S/C14H21N3O2S/c1-8(2)17-13(12-9-5-3-4-6-10(9)12)15-16-14(17)20-7-11(18)19/h8-10,12H,3-7H2,1-2H3,(H,18,19). The number of aliphatic carboxylic acids is 1. The Morgan fingerprint density at radius 1 is 1.35 bits per heavy atom. The van der Waals surface area contributed by atoms with E-state index in [9.17, 15) is 4.79 Å². The van der Waals surface area contributed by atoms with Crippen molar-refractivity contribution in [1.82, 2.24) is 14.8 Å². The lowest BCUT2D eigenvalue weighted by Crippen LogP contribution is -2.09. The van der Waals surface area contributed by atoms with Crippen molar-refractivity contribution in [1.29, 1.82) is 0 Å². The number of hydrogen-bond donors (Lipinski definition) is 1. The highest BCUT2D eigenvalue weighted by molar-refractivity contribution is 7.99. The zero-order valence-electron chi connectivity index (χ0n) is 12.0. The van der Waals surface area contributed by atoms with Crippen LogP contribution < -0.4 is 0 Å². The Hall–Kier alpha value is -1.04. The fraction of sp³-hybridized carbons (Fsp3) is 0.786. The molecule has 2 fully saturated rings. The Labute approximate surface area is 123 Å². The number of thioether (sulfide) groups is 1. The van der Waals surface area contributed by atoms with Crippen LogP contribution >= 0.6 is 11.8 Å². The van der Waals surface area contributed by atoms with Crippen LogP contribution in [0.5, 0.6) is 0 Å². The second kappa shape index (κ2) is 5.39. The first kappa shape index (κ1) is 13.9. The van der Waals surface area contributed by atoms with Crippen molar-refractivity contribution >= 4 is 17.7 Å². The molecule has 1 N–H and O–H groups in total. The Kier molecular flexibility index (Phi) is 3.75. The summed E-state index contributed by atoms with van der Waals surface area (Å²) < 4.78 is 2.15. The minimum absolute atomic E-state index is 0.0440. The third-order valence-corrected chi connectivity index (χ3v) is 5.41. The van der Waals surface area contributed by atoms with E-state index in [1.54, 1.807) is 0 Å². The van der Waals surface area contributed by atoms with Gasteiger partial charge in [0, 0.05) is 12.0 Å². The topological polar surface area (TPSA) is 68.0 Å². The molecule has 0 bridgehead atoms. The third kappa shape index (κ3) is 2.45. The van der Waals surface area contributed by atoms with Crippen LogP contribution in [0.15, 0.2) is 5.16 Å². The number of fused-ring (bicyclic) bond motifs is 1. The number of carboxylic acids is 1. The molecule has 3 rings (SSSR count). The van der Waals surface area contributed by atoms with Crippen molar-refractivity contribution in [3.05, 3.63) is 5.82 Å². The Morgan fingerprint density at radius 3 is 2.55 bits per heavy atom. The number of carboxylic acid groups (broad SMARTS) is 1. The molecule has 20 heavy (non-hydrogen) atoms. The first-order valence-corrected chi connectivity index (χ1v) is 8.37. The fourth-order valence-corrected chi connectivity index (χ4v) is 4.40. The predicted molar refractivity (Wildman–Crippen MR) is 77.0 cm³/mol. The molecule has 6 heteroatoms. The van der Waals surface area contributed by atoms with E-state index < -0.39 is 5.97 Å². The SMILES string of the molecule is CC(C)n1c(SCC(=O)O)nnc1C1C2CCCCC21. The Bertz CT molecular complexity index is 503. The van der Waals surface area contributed by atoms with Crippen molar-refractivity contribution in [2.75, 3.05) is 5.75 Å². The Morgan fingerprint density at radius 2 is 2.00 bits per heavy atom. The van der Waals surface area contributed by atoms with E-state index in [0.717, 1.165) is 22.8 Å². The molecule has 0 amide bonds. The van der Waals surface area contributed by atoms with Crippen molar-refractivity contribution in [2.45, 2.75) is 56.6 Å². The van der Waals surface area contributed by atoms with Crippen LogP contribution in [0.1, 0.15) is 57.3 Å². The van der Waals surface area contributed by atoms with Crippen molar-refractivity contribution in [3.63, 3.8) is 0 Å². The van der Waals surface area contributed by atoms with Crippen LogP contribution in [0.25, 0.3) is 0 Å². The van der Waals surface area contributed by atoms with Gasteiger partial charge in [-0.15, -0.1) is 10.2 Å². The summed E-state index contributed by atoms with van der Waals surface area (Å²) in [6.07, 6.45) is 5.32. The molecule has 110 valence electrons. The van der Waals surface area contributed by atoms with Crippen LogP contribution in [-0.4, -0.2) is 31.6 Å². The summed E-state index contributed by atoms with van der Waals surface area (Å²) in [5, 5.41) is 18.2. The minimum Gasteiger partial charge on any atom is -0.481 e. The van der Waals surface area contributed by atoms with E-state index in [1.807, 2.05) is 0 Å².